The first-order valence-corrected chi connectivity index (χ1v) is 7.18. The molecule has 3 aromatic rings. The highest BCUT2D eigenvalue weighted by molar-refractivity contribution is 5.80. The molecule has 0 amide bonds. The van der Waals surface area contributed by atoms with E-state index in [4.69, 9.17) is 8.83 Å². The van der Waals surface area contributed by atoms with Gasteiger partial charge >= 0.3 is 11.8 Å². The number of hydrogen-bond acceptors (Lipinski definition) is 8. The molecule has 0 aliphatic heterocycles. The molecule has 0 saturated heterocycles. The van der Waals surface area contributed by atoms with Gasteiger partial charge in [0.25, 0.3) is 0 Å². The summed E-state index contributed by atoms with van der Waals surface area (Å²) in [5.74, 6) is -0.181. The third-order valence-corrected chi connectivity index (χ3v) is 3.12. The maximum atomic E-state index is 10.5. The maximum absolute atomic E-state index is 10.5. The van der Waals surface area contributed by atoms with Crippen LogP contribution in [0.1, 0.15) is 11.5 Å². The summed E-state index contributed by atoms with van der Waals surface area (Å²) in [4.78, 5) is 28.1. The number of benzene rings is 1. The second-order valence-electron chi connectivity index (χ2n) is 4.90. The summed E-state index contributed by atoms with van der Waals surface area (Å²) in [6.07, 6.45) is 2.74. The Balaban J connectivity index is 1.65. The van der Waals surface area contributed by atoms with E-state index >= 15 is 0 Å². The van der Waals surface area contributed by atoms with Gasteiger partial charge in [0.2, 0.25) is 0 Å². The van der Waals surface area contributed by atoms with E-state index in [0.717, 1.165) is 0 Å². The SMILES string of the molecule is O=[N+]([O-])c1ccc(C=Nc2ccc(N=Cc3ccc([N+](=O)[O-])o3)cc2)o1. The topological polar surface area (TPSA) is 137 Å². The molecule has 130 valence electrons. The molecule has 0 spiro atoms. The molecule has 0 N–H and O–H groups in total. The largest absolute Gasteiger partial charge is 0.433 e. The fourth-order valence-corrected chi connectivity index (χ4v) is 1.92. The van der Waals surface area contributed by atoms with E-state index in [1.165, 1.54) is 36.7 Å². The third-order valence-electron chi connectivity index (χ3n) is 3.12. The minimum absolute atomic E-state index is 0.262. The molecule has 1 aromatic carbocycles. The van der Waals surface area contributed by atoms with Crippen LogP contribution in [0.3, 0.4) is 0 Å². The van der Waals surface area contributed by atoms with Crippen LogP contribution in [0.25, 0.3) is 0 Å². The maximum Gasteiger partial charge on any atom is 0.433 e. The first kappa shape index (κ1) is 16.8. The van der Waals surface area contributed by atoms with E-state index in [0.29, 0.717) is 11.4 Å². The van der Waals surface area contributed by atoms with Crippen molar-refractivity contribution in [2.75, 3.05) is 0 Å². The molecule has 0 atom stereocenters. The van der Waals surface area contributed by atoms with Crippen LogP contribution in [-0.4, -0.2) is 22.3 Å². The van der Waals surface area contributed by atoms with Crippen molar-refractivity contribution in [1.82, 2.24) is 0 Å². The van der Waals surface area contributed by atoms with Gasteiger partial charge in [0, 0.05) is 0 Å². The monoisotopic (exact) mass is 354 g/mol. The number of nitro groups is 2. The molecule has 10 heteroatoms. The lowest BCUT2D eigenvalue weighted by Gasteiger charge is -1.95. The van der Waals surface area contributed by atoms with Crippen molar-refractivity contribution in [3.63, 3.8) is 0 Å². The number of hydrogen-bond donors (Lipinski definition) is 0. The predicted octanol–water partition coefficient (Wildman–Crippen LogP) is 4.19. The fourth-order valence-electron chi connectivity index (χ4n) is 1.92. The third kappa shape index (κ3) is 4.06. The molecule has 10 nitrogen and oxygen atoms in total. The van der Waals surface area contributed by atoms with Gasteiger partial charge in [-0.25, -0.2) is 0 Å². The first-order chi connectivity index (χ1) is 12.5. The zero-order valence-electron chi connectivity index (χ0n) is 13.0. The van der Waals surface area contributed by atoms with Crippen LogP contribution >= 0.6 is 0 Å². The summed E-state index contributed by atoms with van der Waals surface area (Å²) in [6, 6.07) is 12.1. The minimum atomic E-state index is -0.627. The van der Waals surface area contributed by atoms with Crippen molar-refractivity contribution < 1.29 is 18.7 Å². The lowest BCUT2D eigenvalue weighted by atomic mass is 10.3. The Kier molecular flexibility index (Phi) is 4.65. The van der Waals surface area contributed by atoms with Crippen molar-refractivity contribution in [1.29, 1.82) is 0 Å². The van der Waals surface area contributed by atoms with E-state index in [1.807, 2.05) is 0 Å². The van der Waals surface area contributed by atoms with Crippen LogP contribution in [0.2, 0.25) is 0 Å². The minimum Gasteiger partial charge on any atom is -0.400 e. The van der Waals surface area contributed by atoms with E-state index in [1.54, 1.807) is 24.3 Å². The summed E-state index contributed by atoms with van der Waals surface area (Å²) >= 11 is 0. The molecule has 0 fully saturated rings. The van der Waals surface area contributed by atoms with Crippen LogP contribution in [0.5, 0.6) is 0 Å². The molecule has 0 aliphatic carbocycles. The Morgan fingerprint density at radius 2 is 1.08 bits per heavy atom. The molecule has 2 heterocycles. The fraction of sp³-hybridized carbons (Fsp3) is 0. The second-order valence-corrected chi connectivity index (χ2v) is 4.90. The van der Waals surface area contributed by atoms with Crippen molar-refractivity contribution in [2.24, 2.45) is 9.98 Å². The van der Waals surface area contributed by atoms with E-state index in [-0.39, 0.29) is 23.3 Å². The normalized spacial score (nSPS) is 11.4. The average Bonchev–Trinajstić information content (AvgIpc) is 3.28. The molecule has 0 saturated carbocycles. The molecule has 0 aliphatic rings. The highest BCUT2D eigenvalue weighted by atomic mass is 16.7. The van der Waals surface area contributed by atoms with E-state index in [2.05, 4.69) is 9.98 Å². The summed E-state index contributed by atoms with van der Waals surface area (Å²) in [6.45, 7) is 0. The molecule has 0 bridgehead atoms. The van der Waals surface area contributed by atoms with Gasteiger partial charge in [-0.2, -0.15) is 0 Å². The van der Waals surface area contributed by atoms with Gasteiger partial charge in [-0.15, -0.1) is 0 Å². The molecule has 2 aromatic heterocycles. The van der Waals surface area contributed by atoms with Gasteiger partial charge in [0.05, 0.1) is 35.9 Å². The Bertz CT molecular complexity index is 919. The van der Waals surface area contributed by atoms with Gasteiger partial charge in [-0.05, 0) is 36.4 Å². The lowest BCUT2D eigenvalue weighted by Crippen LogP contribution is -1.83. The predicted molar refractivity (Wildman–Crippen MR) is 91.7 cm³/mol. The number of aliphatic imine (C=N–C) groups is 2. The Labute approximate surface area is 145 Å². The Morgan fingerprint density at radius 1 is 0.692 bits per heavy atom. The summed E-state index contributed by atoms with van der Waals surface area (Å²) in [7, 11) is 0. The van der Waals surface area contributed by atoms with Crippen molar-refractivity contribution in [3.8, 4) is 0 Å². The second kappa shape index (κ2) is 7.21. The first-order valence-electron chi connectivity index (χ1n) is 7.18. The Hall–Kier alpha value is -4.08. The van der Waals surface area contributed by atoms with Crippen LogP contribution in [0.15, 0.2) is 67.4 Å². The summed E-state index contributed by atoms with van der Waals surface area (Å²) < 4.78 is 9.93. The quantitative estimate of drug-likeness (QED) is 0.369. The van der Waals surface area contributed by atoms with Gasteiger partial charge in [0.1, 0.15) is 9.85 Å². The molecule has 26 heavy (non-hydrogen) atoms. The zero-order valence-corrected chi connectivity index (χ0v) is 13.0. The zero-order chi connectivity index (χ0) is 18.5. The smallest absolute Gasteiger partial charge is 0.400 e. The molecule has 0 unspecified atom stereocenters. The van der Waals surface area contributed by atoms with Crippen molar-refractivity contribution in [3.05, 3.63) is 80.3 Å². The number of nitrogens with zero attached hydrogens (tertiary/aromatic N) is 4. The van der Waals surface area contributed by atoms with Crippen molar-refractivity contribution in [2.45, 2.75) is 0 Å². The van der Waals surface area contributed by atoms with Crippen LogP contribution in [0.4, 0.5) is 23.1 Å². The summed E-state index contributed by atoms with van der Waals surface area (Å²) in [5.41, 5.74) is 1.19. The van der Waals surface area contributed by atoms with Gasteiger partial charge in [-0.3, -0.25) is 30.2 Å². The summed E-state index contributed by atoms with van der Waals surface area (Å²) in [5, 5.41) is 21.1. The number of rotatable bonds is 6. The average molecular weight is 354 g/mol. The van der Waals surface area contributed by atoms with Gasteiger partial charge in [0.15, 0.2) is 11.5 Å². The lowest BCUT2D eigenvalue weighted by molar-refractivity contribution is -0.402. The highest BCUT2D eigenvalue weighted by Gasteiger charge is 2.11. The van der Waals surface area contributed by atoms with Crippen LogP contribution < -0.4 is 0 Å². The number of furan rings is 2. The Morgan fingerprint density at radius 3 is 1.38 bits per heavy atom. The molecule has 0 radical (unpaired) electrons. The molecular formula is C16H10N4O6. The highest BCUT2D eigenvalue weighted by Crippen LogP contribution is 2.20. The molecular weight excluding hydrogens is 344 g/mol. The van der Waals surface area contributed by atoms with E-state index < -0.39 is 9.85 Å². The standard InChI is InChI=1S/C16H10N4O6/c21-19(22)15-7-5-13(25-15)9-17-11-1-2-12(4-3-11)18-10-14-6-8-16(26-14)20(23)24/h1-10H. The van der Waals surface area contributed by atoms with Gasteiger partial charge < -0.3 is 8.83 Å². The van der Waals surface area contributed by atoms with Crippen LogP contribution in [-0.2, 0) is 0 Å². The van der Waals surface area contributed by atoms with E-state index in [9.17, 15) is 20.2 Å². The van der Waals surface area contributed by atoms with Crippen LogP contribution in [0, 0.1) is 20.2 Å². The van der Waals surface area contributed by atoms with Crippen molar-refractivity contribution >= 4 is 35.6 Å². The van der Waals surface area contributed by atoms with Gasteiger partial charge in [-0.1, -0.05) is 0 Å². The molecule has 3 rings (SSSR count).